The molecule has 114 valence electrons. The Labute approximate surface area is 121 Å². The minimum atomic E-state index is 0.395. The van der Waals surface area contributed by atoms with Crippen molar-refractivity contribution in [3.8, 4) is 0 Å². The summed E-state index contributed by atoms with van der Waals surface area (Å²) in [6.45, 7) is 17.8. The molecule has 1 N–H and O–H groups in total. The van der Waals surface area contributed by atoms with Crippen molar-refractivity contribution in [3.05, 3.63) is 0 Å². The Bertz CT molecular complexity index is 227. The summed E-state index contributed by atoms with van der Waals surface area (Å²) in [5, 5.41) is 3.62. The highest BCUT2D eigenvalue weighted by Crippen LogP contribution is 2.24. The fraction of sp³-hybridized carbons (Fsp3) is 1.00. The third-order valence-electron chi connectivity index (χ3n) is 4.21. The Morgan fingerprint density at radius 1 is 1.21 bits per heavy atom. The fourth-order valence-corrected chi connectivity index (χ4v) is 3.20. The van der Waals surface area contributed by atoms with Crippen molar-refractivity contribution in [3.63, 3.8) is 0 Å². The quantitative estimate of drug-likeness (QED) is 0.721. The molecule has 1 heterocycles. The maximum absolute atomic E-state index is 3.62. The highest BCUT2D eigenvalue weighted by atomic mass is 15.1. The van der Waals surface area contributed by atoms with Gasteiger partial charge in [-0.15, -0.1) is 0 Å². The van der Waals surface area contributed by atoms with Gasteiger partial charge in [0.05, 0.1) is 0 Å². The van der Waals surface area contributed by atoms with Crippen LogP contribution in [-0.2, 0) is 0 Å². The van der Waals surface area contributed by atoms with E-state index in [2.05, 4.69) is 44.8 Å². The Hall–Kier alpha value is -0.0800. The van der Waals surface area contributed by atoms with Crippen molar-refractivity contribution >= 4 is 0 Å². The van der Waals surface area contributed by atoms with Crippen LogP contribution in [0, 0.1) is 17.3 Å². The number of piperidine rings is 1. The maximum atomic E-state index is 3.62. The molecule has 0 spiro atoms. The number of likely N-dealkylation sites (tertiary alicyclic amines) is 1. The molecule has 0 saturated carbocycles. The van der Waals surface area contributed by atoms with E-state index in [1.54, 1.807) is 0 Å². The molecule has 1 aliphatic heterocycles. The third kappa shape index (κ3) is 7.31. The second-order valence-corrected chi connectivity index (χ2v) is 7.70. The number of rotatable bonds is 8. The summed E-state index contributed by atoms with van der Waals surface area (Å²) in [7, 11) is 0. The summed E-state index contributed by atoms with van der Waals surface area (Å²) in [4.78, 5) is 2.68. The van der Waals surface area contributed by atoms with Crippen molar-refractivity contribution < 1.29 is 0 Å². The van der Waals surface area contributed by atoms with E-state index in [0.29, 0.717) is 5.41 Å². The molecule has 0 atom stereocenters. The Morgan fingerprint density at radius 3 is 2.37 bits per heavy atom. The zero-order valence-electron chi connectivity index (χ0n) is 14.0. The molecule has 0 aromatic rings. The smallest absolute Gasteiger partial charge is 0.00448 e. The Morgan fingerprint density at radius 2 is 1.84 bits per heavy atom. The van der Waals surface area contributed by atoms with Crippen molar-refractivity contribution in [2.24, 2.45) is 17.3 Å². The summed E-state index contributed by atoms with van der Waals surface area (Å²) in [5.74, 6) is 1.75. The molecule has 2 nitrogen and oxygen atoms in total. The van der Waals surface area contributed by atoms with Gasteiger partial charge in [0.15, 0.2) is 0 Å². The molecule has 1 fully saturated rings. The van der Waals surface area contributed by atoms with Crippen LogP contribution < -0.4 is 5.32 Å². The fourth-order valence-electron chi connectivity index (χ4n) is 3.20. The van der Waals surface area contributed by atoms with Crippen molar-refractivity contribution in [2.45, 2.75) is 60.3 Å². The predicted molar refractivity (Wildman–Crippen MR) is 85.6 cm³/mol. The number of nitrogens with one attached hydrogen (secondary N) is 1. The molecular weight excluding hydrogens is 232 g/mol. The zero-order valence-corrected chi connectivity index (χ0v) is 14.0. The summed E-state index contributed by atoms with van der Waals surface area (Å²) in [6, 6.07) is 0. The van der Waals surface area contributed by atoms with E-state index in [1.165, 1.54) is 45.3 Å². The van der Waals surface area contributed by atoms with Gasteiger partial charge in [-0.3, -0.25) is 0 Å². The highest BCUT2D eigenvalue weighted by Gasteiger charge is 2.25. The molecule has 1 rings (SSSR count). The summed E-state index contributed by atoms with van der Waals surface area (Å²) < 4.78 is 0. The van der Waals surface area contributed by atoms with Crippen molar-refractivity contribution in [1.82, 2.24) is 10.2 Å². The average molecular weight is 268 g/mol. The van der Waals surface area contributed by atoms with Crippen LogP contribution in [0.5, 0.6) is 0 Å². The molecule has 0 radical (unpaired) electrons. The third-order valence-corrected chi connectivity index (χ3v) is 4.21. The zero-order chi connectivity index (χ0) is 14.3. The monoisotopic (exact) mass is 268 g/mol. The van der Waals surface area contributed by atoms with E-state index in [4.69, 9.17) is 0 Å². The molecule has 0 aliphatic carbocycles. The molecule has 0 amide bonds. The molecule has 0 bridgehead atoms. The van der Waals surface area contributed by atoms with Gasteiger partial charge in [0.2, 0.25) is 0 Å². The van der Waals surface area contributed by atoms with E-state index in [1.807, 2.05) is 0 Å². The lowest BCUT2D eigenvalue weighted by Gasteiger charge is -2.37. The lowest BCUT2D eigenvalue weighted by Crippen LogP contribution is -2.44. The van der Waals surface area contributed by atoms with Gasteiger partial charge in [0.1, 0.15) is 0 Å². The topological polar surface area (TPSA) is 15.3 Å². The molecule has 1 saturated heterocycles. The van der Waals surface area contributed by atoms with E-state index in [0.717, 1.165) is 24.9 Å². The van der Waals surface area contributed by atoms with Crippen LogP contribution in [-0.4, -0.2) is 37.6 Å². The Balaban J connectivity index is 2.22. The molecule has 19 heavy (non-hydrogen) atoms. The largest absolute Gasteiger partial charge is 0.316 e. The molecular formula is C17H36N2. The highest BCUT2D eigenvalue weighted by molar-refractivity contribution is 4.80. The number of hydrogen-bond donors (Lipinski definition) is 1. The van der Waals surface area contributed by atoms with Gasteiger partial charge in [-0.25, -0.2) is 0 Å². The summed E-state index contributed by atoms with van der Waals surface area (Å²) in [5.41, 5.74) is 0.395. The second-order valence-electron chi connectivity index (χ2n) is 7.70. The second kappa shape index (κ2) is 8.26. The maximum Gasteiger partial charge on any atom is 0.00448 e. The van der Waals surface area contributed by atoms with Gasteiger partial charge in [-0.1, -0.05) is 47.5 Å². The van der Waals surface area contributed by atoms with Gasteiger partial charge >= 0.3 is 0 Å². The van der Waals surface area contributed by atoms with E-state index >= 15 is 0 Å². The van der Waals surface area contributed by atoms with E-state index in [9.17, 15) is 0 Å². The standard InChI is InChI=1S/C17H36N2/c1-6-7-16-8-10-19(11-9-16)14-17(4,5)13-18-12-15(2)3/h15-16,18H,6-14H2,1-5H3. The molecule has 0 unspecified atom stereocenters. The first-order valence-electron chi connectivity index (χ1n) is 8.36. The first-order valence-corrected chi connectivity index (χ1v) is 8.36. The average Bonchev–Trinajstić information content (AvgIpc) is 2.31. The summed E-state index contributed by atoms with van der Waals surface area (Å²) >= 11 is 0. The van der Waals surface area contributed by atoms with Gasteiger partial charge in [0, 0.05) is 13.1 Å². The van der Waals surface area contributed by atoms with E-state index < -0.39 is 0 Å². The van der Waals surface area contributed by atoms with Crippen LogP contribution in [0.25, 0.3) is 0 Å². The van der Waals surface area contributed by atoms with Crippen LogP contribution in [0.3, 0.4) is 0 Å². The summed E-state index contributed by atoms with van der Waals surface area (Å²) in [6.07, 6.45) is 5.63. The predicted octanol–water partition coefficient (Wildman–Crippen LogP) is 3.77. The lowest BCUT2D eigenvalue weighted by molar-refractivity contribution is 0.123. The van der Waals surface area contributed by atoms with Crippen LogP contribution >= 0.6 is 0 Å². The van der Waals surface area contributed by atoms with Crippen LogP contribution in [0.2, 0.25) is 0 Å². The molecule has 0 aromatic heterocycles. The first-order chi connectivity index (χ1) is 8.93. The Kier molecular flexibility index (Phi) is 7.38. The SMILES string of the molecule is CCCC1CCN(CC(C)(C)CNCC(C)C)CC1. The lowest BCUT2D eigenvalue weighted by atomic mass is 9.88. The van der Waals surface area contributed by atoms with E-state index in [-0.39, 0.29) is 0 Å². The van der Waals surface area contributed by atoms with Gasteiger partial charge in [-0.05, 0) is 49.7 Å². The number of nitrogens with zero attached hydrogens (tertiary/aromatic N) is 1. The van der Waals surface area contributed by atoms with Crippen molar-refractivity contribution in [2.75, 3.05) is 32.7 Å². The van der Waals surface area contributed by atoms with Gasteiger partial charge < -0.3 is 10.2 Å². The molecule has 2 heteroatoms. The van der Waals surface area contributed by atoms with Crippen LogP contribution in [0.4, 0.5) is 0 Å². The normalized spacial score (nSPS) is 19.3. The van der Waals surface area contributed by atoms with Crippen LogP contribution in [0.1, 0.15) is 60.3 Å². The van der Waals surface area contributed by atoms with Crippen LogP contribution in [0.15, 0.2) is 0 Å². The first kappa shape index (κ1) is 17.0. The van der Waals surface area contributed by atoms with Gasteiger partial charge in [0.25, 0.3) is 0 Å². The molecule has 0 aromatic carbocycles. The number of hydrogen-bond acceptors (Lipinski definition) is 2. The van der Waals surface area contributed by atoms with Crippen molar-refractivity contribution in [1.29, 1.82) is 0 Å². The van der Waals surface area contributed by atoms with Gasteiger partial charge in [-0.2, -0.15) is 0 Å². The molecule has 1 aliphatic rings. The minimum absolute atomic E-state index is 0.395. The minimum Gasteiger partial charge on any atom is -0.316 e.